The van der Waals surface area contributed by atoms with Gasteiger partial charge < -0.3 is 4.74 Å². The molecule has 0 radical (unpaired) electrons. The van der Waals surface area contributed by atoms with Crippen molar-refractivity contribution in [3.05, 3.63) is 29.8 Å². The van der Waals surface area contributed by atoms with Gasteiger partial charge >= 0.3 is 0 Å². The summed E-state index contributed by atoms with van der Waals surface area (Å²) in [5.74, 6) is 2.26. The molecule has 0 N–H and O–H groups in total. The van der Waals surface area contributed by atoms with Gasteiger partial charge in [0.1, 0.15) is 5.75 Å². The van der Waals surface area contributed by atoms with Crippen LogP contribution in [0.5, 0.6) is 5.75 Å². The summed E-state index contributed by atoms with van der Waals surface area (Å²) in [6, 6.07) is 8.34. The number of benzene rings is 1. The van der Waals surface area contributed by atoms with E-state index in [0.29, 0.717) is 11.5 Å². The van der Waals surface area contributed by atoms with E-state index in [2.05, 4.69) is 17.0 Å². The Balaban J connectivity index is 1.70. The van der Waals surface area contributed by atoms with Gasteiger partial charge in [0.25, 0.3) is 0 Å². The van der Waals surface area contributed by atoms with Gasteiger partial charge in [0.05, 0.1) is 18.6 Å². The van der Waals surface area contributed by atoms with Gasteiger partial charge in [-0.1, -0.05) is 31.4 Å². The smallest absolute Gasteiger partial charge is 0.151 e. The van der Waals surface area contributed by atoms with Gasteiger partial charge in [-0.2, -0.15) is 0 Å². The van der Waals surface area contributed by atoms with Crippen molar-refractivity contribution in [2.45, 2.75) is 51.1 Å². The summed E-state index contributed by atoms with van der Waals surface area (Å²) in [5, 5.41) is 0. The molecule has 134 valence electrons. The second-order valence-electron chi connectivity index (χ2n) is 7.34. The average Bonchev–Trinajstić information content (AvgIpc) is 2.96. The van der Waals surface area contributed by atoms with Gasteiger partial charge in [0.2, 0.25) is 0 Å². The van der Waals surface area contributed by atoms with E-state index in [4.69, 9.17) is 4.74 Å². The van der Waals surface area contributed by atoms with E-state index < -0.39 is 9.84 Å². The zero-order chi connectivity index (χ0) is 17.0. The molecule has 0 amide bonds. The van der Waals surface area contributed by atoms with E-state index in [1.165, 1.54) is 37.7 Å². The van der Waals surface area contributed by atoms with E-state index in [9.17, 15) is 8.42 Å². The summed E-state index contributed by atoms with van der Waals surface area (Å²) in [4.78, 5) is 2.43. The Hall–Kier alpha value is -1.07. The molecule has 1 aromatic rings. The Morgan fingerprint density at radius 2 is 1.79 bits per heavy atom. The lowest BCUT2D eigenvalue weighted by molar-refractivity contribution is 0.152. The average molecular weight is 352 g/mol. The summed E-state index contributed by atoms with van der Waals surface area (Å²) in [7, 11) is -1.17. The van der Waals surface area contributed by atoms with Crippen molar-refractivity contribution in [2.24, 2.45) is 5.92 Å². The maximum Gasteiger partial charge on any atom is 0.151 e. The van der Waals surface area contributed by atoms with Gasteiger partial charge in [0.15, 0.2) is 9.84 Å². The molecule has 1 aliphatic heterocycles. The third kappa shape index (κ3) is 4.73. The molecule has 0 bridgehead atoms. The molecule has 2 fully saturated rings. The van der Waals surface area contributed by atoms with Crippen molar-refractivity contribution in [1.29, 1.82) is 0 Å². The highest BCUT2D eigenvalue weighted by atomic mass is 32.2. The largest absolute Gasteiger partial charge is 0.497 e. The van der Waals surface area contributed by atoms with Crippen LogP contribution in [-0.4, -0.2) is 44.5 Å². The van der Waals surface area contributed by atoms with Gasteiger partial charge in [-0.15, -0.1) is 0 Å². The van der Waals surface area contributed by atoms with E-state index >= 15 is 0 Å². The molecule has 24 heavy (non-hydrogen) atoms. The van der Waals surface area contributed by atoms with Crippen molar-refractivity contribution in [1.82, 2.24) is 4.90 Å². The molecule has 5 heteroatoms. The zero-order valence-corrected chi connectivity index (χ0v) is 15.4. The molecular formula is C19H29NO3S. The minimum Gasteiger partial charge on any atom is -0.497 e. The van der Waals surface area contributed by atoms with Gasteiger partial charge in [-0.3, -0.25) is 4.90 Å². The maximum atomic E-state index is 11.9. The number of hydrogen-bond donors (Lipinski definition) is 0. The lowest BCUT2D eigenvalue weighted by Gasteiger charge is -2.33. The molecule has 1 aliphatic carbocycles. The normalized spacial score (nSPS) is 24.3. The van der Waals surface area contributed by atoms with Crippen LogP contribution in [0.1, 0.15) is 44.1 Å². The number of rotatable bonds is 6. The molecule has 4 nitrogen and oxygen atoms in total. The summed E-state index contributed by atoms with van der Waals surface area (Å²) in [6.07, 6.45) is 7.36. The zero-order valence-electron chi connectivity index (χ0n) is 14.6. The van der Waals surface area contributed by atoms with Gasteiger partial charge in [-0.25, -0.2) is 8.42 Å². The van der Waals surface area contributed by atoms with Crippen LogP contribution in [-0.2, 0) is 16.4 Å². The Morgan fingerprint density at radius 3 is 2.38 bits per heavy atom. The third-order valence-corrected chi connectivity index (χ3v) is 7.24. The standard InChI is InChI=1S/C19H29NO3S/c1-23-19-9-7-17(8-10-19)14-20(13-16-5-3-2-4-6-16)18-11-12-24(21,22)15-18/h7-10,16,18H,2-6,11-15H2,1H3. The maximum absolute atomic E-state index is 11.9. The quantitative estimate of drug-likeness (QED) is 0.789. The van der Waals surface area contributed by atoms with E-state index in [1.807, 2.05) is 12.1 Å². The SMILES string of the molecule is COc1ccc(CN(CC2CCCCC2)C2CCS(=O)(=O)C2)cc1. The molecule has 1 aromatic carbocycles. The van der Waals surface area contributed by atoms with Crippen molar-refractivity contribution in [3.63, 3.8) is 0 Å². The van der Waals surface area contributed by atoms with Crippen LogP contribution in [0.2, 0.25) is 0 Å². The molecule has 1 atom stereocenters. The molecule has 2 aliphatic rings. The fraction of sp³-hybridized carbons (Fsp3) is 0.684. The Kier molecular flexibility index (Phi) is 5.82. The Morgan fingerprint density at radius 1 is 1.08 bits per heavy atom. The first-order valence-corrected chi connectivity index (χ1v) is 11.0. The lowest BCUT2D eigenvalue weighted by Crippen LogP contribution is -2.39. The minimum atomic E-state index is -2.85. The van der Waals surface area contributed by atoms with Crippen molar-refractivity contribution >= 4 is 9.84 Å². The number of nitrogens with zero attached hydrogens (tertiary/aromatic N) is 1. The summed E-state index contributed by atoms with van der Waals surface area (Å²) in [6.45, 7) is 1.87. The van der Waals surface area contributed by atoms with Crippen LogP contribution in [0.15, 0.2) is 24.3 Å². The Labute approximate surface area is 146 Å². The first-order chi connectivity index (χ1) is 11.6. The lowest BCUT2D eigenvalue weighted by atomic mass is 9.88. The molecule has 1 saturated carbocycles. The highest BCUT2D eigenvalue weighted by molar-refractivity contribution is 7.91. The van der Waals surface area contributed by atoms with Crippen molar-refractivity contribution in [3.8, 4) is 5.75 Å². The highest BCUT2D eigenvalue weighted by Gasteiger charge is 2.33. The Bertz CT molecular complexity index is 621. The number of methoxy groups -OCH3 is 1. The van der Waals surface area contributed by atoms with Crippen LogP contribution in [0.25, 0.3) is 0 Å². The molecule has 0 spiro atoms. The van der Waals surface area contributed by atoms with E-state index in [1.54, 1.807) is 7.11 Å². The molecule has 1 saturated heterocycles. The fourth-order valence-corrected chi connectivity index (χ4v) is 5.83. The van der Waals surface area contributed by atoms with Crippen LogP contribution < -0.4 is 4.74 Å². The minimum absolute atomic E-state index is 0.180. The number of hydrogen-bond acceptors (Lipinski definition) is 4. The van der Waals surface area contributed by atoms with Gasteiger partial charge in [-0.05, 0) is 42.9 Å². The summed E-state index contributed by atoms with van der Waals surface area (Å²) >= 11 is 0. The van der Waals surface area contributed by atoms with Crippen molar-refractivity contribution in [2.75, 3.05) is 25.2 Å². The van der Waals surface area contributed by atoms with Crippen molar-refractivity contribution < 1.29 is 13.2 Å². The first kappa shape index (κ1) is 17.7. The topological polar surface area (TPSA) is 46.6 Å². The second-order valence-corrected chi connectivity index (χ2v) is 9.57. The van der Waals surface area contributed by atoms with Crippen LogP contribution in [0.3, 0.4) is 0 Å². The number of sulfone groups is 1. The first-order valence-electron chi connectivity index (χ1n) is 9.13. The molecular weight excluding hydrogens is 322 g/mol. The van der Waals surface area contributed by atoms with Crippen LogP contribution in [0.4, 0.5) is 0 Å². The molecule has 0 aromatic heterocycles. The van der Waals surface area contributed by atoms with Crippen LogP contribution >= 0.6 is 0 Å². The highest BCUT2D eigenvalue weighted by Crippen LogP contribution is 2.28. The predicted octanol–water partition coefficient (Wildman–Crippen LogP) is 3.26. The number of ether oxygens (including phenoxy) is 1. The predicted molar refractivity (Wildman–Crippen MR) is 97.0 cm³/mol. The van der Waals surface area contributed by atoms with E-state index in [0.717, 1.165) is 31.2 Å². The third-order valence-electron chi connectivity index (χ3n) is 5.49. The monoisotopic (exact) mass is 351 g/mol. The second kappa shape index (κ2) is 7.87. The molecule has 1 heterocycles. The van der Waals surface area contributed by atoms with Crippen LogP contribution in [0, 0.1) is 5.92 Å². The molecule has 1 unspecified atom stereocenters. The molecule has 3 rings (SSSR count). The van der Waals surface area contributed by atoms with E-state index in [-0.39, 0.29) is 6.04 Å². The summed E-state index contributed by atoms with van der Waals surface area (Å²) in [5.41, 5.74) is 1.23. The van der Waals surface area contributed by atoms with Gasteiger partial charge in [0, 0.05) is 19.1 Å². The summed E-state index contributed by atoms with van der Waals surface area (Å²) < 4.78 is 29.1. The fourth-order valence-electron chi connectivity index (χ4n) is 4.07.